The number of hydrogen-bond donors (Lipinski definition) is 1. The molecule has 0 amide bonds. The van der Waals surface area contributed by atoms with Crippen LogP contribution in [0, 0.1) is 0 Å². The first-order chi connectivity index (χ1) is 9.30. The Bertz CT molecular complexity index is 402. The van der Waals surface area contributed by atoms with E-state index in [1.165, 1.54) is 5.56 Å². The quantitative estimate of drug-likeness (QED) is 0.882. The van der Waals surface area contributed by atoms with Crippen molar-refractivity contribution >= 4 is 11.6 Å². The molecule has 5 heteroatoms. The zero-order valence-corrected chi connectivity index (χ0v) is 12.1. The zero-order valence-electron chi connectivity index (χ0n) is 12.1. The minimum atomic E-state index is 0.414. The highest BCUT2D eigenvalue weighted by atomic mass is 16.5. The number of ether oxygens (including phenoxy) is 1. The summed E-state index contributed by atoms with van der Waals surface area (Å²) in [6.07, 6.45) is 5.16. The summed E-state index contributed by atoms with van der Waals surface area (Å²) in [5.41, 5.74) is 1.21. The third-order valence-corrected chi connectivity index (χ3v) is 3.66. The van der Waals surface area contributed by atoms with E-state index in [-0.39, 0.29) is 0 Å². The smallest absolute Gasteiger partial charge is 0.137 e. The van der Waals surface area contributed by atoms with Crippen molar-refractivity contribution in [3.8, 4) is 0 Å². The molecule has 1 aromatic rings. The maximum Gasteiger partial charge on any atom is 0.137 e. The van der Waals surface area contributed by atoms with Crippen LogP contribution in [0.15, 0.2) is 6.33 Å². The molecule has 0 aromatic carbocycles. The van der Waals surface area contributed by atoms with Gasteiger partial charge in [-0.1, -0.05) is 6.92 Å². The summed E-state index contributed by atoms with van der Waals surface area (Å²) in [4.78, 5) is 11.1. The first kappa shape index (κ1) is 14.1. The molecule has 0 aliphatic carbocycles. The first-order valence-electron chi connectivity index (χ1n) is 7.18. The van der Waals surface area contributed by atoms with E-state index < -0.39 is 0 Å². The van der Waals surface area contributed by atoms with Gasteiger partial charge in [0.25, 0.3) is 0 Å². The summed E-state index contributed by atoms with van der Waals surface area (Å²) in [5.74, 6) is 2.02. The lowest BCUT2D eigenvalue weighted by atomic mass is 10.1. The van der Waals surface area contributed by atoms with Crippen molar-refractivity contribution in [2.45, 2.75) is 39.2 Å². The van der Waals surface area contributed by atoms with Crippen LogP contribution in [-0.4, -0.2) is 42.8 Å². The minimum Gasteiger partial charge on any atom is -0.378 e. The molecule has 1 fully saturated rings. The highest BCUT2D eigenvalue weighted by Crippen LogP contribution is 2.26. The second-order valence-electron chi connectivity index (χ2n) is 4.77. The Hall–Kier alpha value is -1.36. The first-order valence-corrected chi connectivity index (χ1v) is 7.18. The Kier molecular flexibility index (Phi) is 4.96. The molecule has 1 aromatic heterocycles. The summed E-state index contributed by atoms with van der Waals surface area (Å²) >= 11 is 0. The molecule has 0 bridgehead atoms. The molecule has 0 spiro atoms. The van der Waals surface area contributed by atoms with Crippen molar-refractivity contribution in [2.24, 2.45) is 0 Å². The highest BCUT2D eigenvalue weighted by molar-refractivity contribution is 5.58. The molecule has 19 heavy (non-hydrogen) atoms. The molecule has 2 rings (SSSR count). The van der Waals surface area contributed by atoms with E-state index in [2.05, 4.69) is 34.0 Å². The van der Waals surface area contributed by atoms with Crippen LogP contribution in [0.25, 0.3) is 0 Å². The zero-order chi connectivity index (χ0) is 13.7. The van der Waals surface area contributed by atoms with Crippen molar-refractivity contribution in [2.75, 3.05) is 37.0 Å². The topological polar surface area (TPSA) is 50.3 Å². The van der Waals surface area contributed by atoms with E-state index in [0.717, 1.165) is 50.6 Å². The maximum absolute atomic E-state index is 5.70. The Morgan fingerprint density at radius 2 is 2.05 bits per heavy atom. The number of nitrogens with one attached hydrogen (secondary N) is 1. The summed E-state index contributed by atoms with van der Waals surface area (Å²) in [7, 11) is 1.91. The predicted molar refractivity (Wildman–Crippen MR) is 77.8 cm³/mol. The second-order valence-corrected chi connectivity index (χ2v) is 4.77. The molecule has 2 heterocycles. The standard InChI is InChI=1S/C14H24N4O/c1-4-12-13(15-3)16-10-17-14(12)18-8-6-11(7-9-18)19-5-2/h10-11H,4-9H2,1-3H3,(H,15,16,17). The van der Waals surface area contributed by atoms with Gasteiger partial charge in [-0.15, -0.1) is 0 Å². The number of hydrogen-bond acceptors (Lipinski definition) is 5. The van der Waals surface area contributed by atoms with Crippen LogP contribution >= 0.6 is 0 Å². The second kappa shape index (κ2) is 6.70. The lowest BCUT2D eigenvalue weighted by Crippen LogP contribution is -2.38. The third-order valence-electron chi connectivity index (χ3n) is 3.66. The van der Waals surface area contributed by atoms with Gasteiger partial charge in [-0.3, -0.25) is 0 Å². The fraction of sp³-hybridized carbons (Fsp3) is 0.714. The van der Waals surface area contributed by atoms with E-state index in [1.807, 2.05) is 7.05 Å². The van der Waals surface area contributed by atoms with Gasteiger partial charge in [0.2, 0.25) is 0 Å². The van der Waals surface area contributed by atoms with Crippen LogP contribution in [0.1, 0.15) is 32.3 Å². The molecular formula is C14H24N4O. The van der Waals surface area contributed by atoms with E-state index in [0.29, 0.717) is 6.10 Å². The maximum atomic E-state index is 5.70. The Morgan fingerprint density at radius 1 is 1.32 bits per heavy atom. The third kappa shape index (κ3) is 3.15. The van der Waals surface area contributed by atoms with Crippen molar-refractivity contribution in [3.05, 3.63) is 11.9 Å². The van der Waals surface area contributed by atoms with Gasteiger partial charge >= 0.3 is 0 Å². The molecule has 1 N–H and O–H groups in total. The monoisotopic (exact) mass is 264 g/mol. The van der Waals surface area contributed by atoms with E-state index in [9.17, 15) is 0 Å². The highest BCUT2D eigenvalue weighted by Gasteiger charge is 2.22. The van der Waals surface area contributed by atoms with Gasteiger partial charge in [0.1, 0.15) is 18.0 Å². The van der Waals surface area contributed by atoms with Crippen LogP contribution in [0.4, 0.5) is 11.6 Å². The average Bonchev–Trinajstić information content (AvgIpc) is 2.47. The SMILES string of the molecule is CCOC1CCN(c2ncnc(NC)c2CC)CC1. The minimum absolute atomic E-state index is 0.414. The molecule has 0 unspecified atom stereocenters. The van der Waals surface area contributed by atoms with E-state index in [4.69, 9.17) is 4.74 Å². The average molecular weight is 264 g/mol. The van der Waals surface area contributed by atoms with Gasteiger partial charge in [-0.05, 0) is 26.2 Å². The normalized spacial score (nSPS) is 16.7. The van der Waals surface area contributed by atoms with Gasteiger partial charge in [0, 0.05) is 32.3 Å². The largest absolute Gasteiger partial charge is 0.378 e. The molecule has 0 atom stereocenters. The summed E-state index contributed by atoms with van der Waals surface area (Å²) in [5, 5.41) is 3.15. The van der Waals surface area contributed by atoms with Crippen molar-refractivity contribution in [1.82, 2.24) is 9.97 Å². The fourth-order valence-electron chi connectivity index (χ4n) is 2.69. The van der Waals surface area contributed by atoms with Gasteiger partial charge in [-0.2, -0.15) is 0 Å². The number of nitrogens with zero attached hydrogens (tertiary/aromatic N) is 3. The molecular weight excluding hydrogens is 240 g/mol. The van der Waals surface area contributed by atoms with Crippen LogP contribution in [-0.2, 0) is 11.2 Å². The van der Waals surface area contributed by atoms with Gasteiger partial charge < -0.3 is 15.0 Å². The van der Waals surface area contributed by atoms with Gasteiger partial charge in [0.05, 0.1) is 6.10 Å². The number of piperidine rings is 1. The van der Waals surface area contributed by atoms with Crippen LogP contribution < -0.4 is 10.2 Å². The summed E-state index contributed by atoms with van der Waals surface area (Å²) < 4.78 is 5.70. The Labute approximate surface area is 115 Å². The fourth-order valence-corrected chi connectivity index (χ4v) is 2.69. The van der Waals surface area contributed by atoms with E-state index in [1.54, 1.807) is 6.33 Å². The number of anilines is 2. The molecule has 5 nitrogen and oxygen atoms in total. The Balaban J connectivity index is 2.11. The molecule has 1 saturated heterocycles. The van der Waals surface area contributed by atoms with Crippen LogP contribution in [0.2, 0.25) is 0 Å². The molecule has 1 aliphatic heterocycles. The van der Waals surface area contributed by atoms with Gasteiger partial charge in [-0.25, -0.2) is 9.97 Å². The van der Waals surface area contributed by atoms with Crippen molar-refractivity contribution < 1.29 is 4.74 Å². The molecule has 0 saturated carbocycles. The van der Waals surface area contributed by atoms with Crippen molar-refractivity contribution in [3.63, 3.8) is 0 Å². The molecule has 1 aliphatic rings. The van der Waals surface area contributed by atoms with Crippen LogP contribution in [0.5, 0.6) is 0 Å². The summed E-state index contributed by atoms with van der Waals surface area (Å²) in [6.45, 7) is 7.04. The van der Waals surface area contributed by atoms with Crippen LogP contribution in [0.3, 0.4) is 0 Å². The number of aromatic nitrogens is 2. The lowest BCUT2D eigenvalue weighted by molar-refractivity contribution is 0.0458. The molecule has 0 radical (unpaired) electrons. The Morgan fingerprint density at radius 3 is 2.63 bits per heavy atom. The predicted octanol–water partition coefficient (Wildman–Crippen LogP) is 2.09. The van der Waals surface area contributed by atoms with Gasteiger partial charge in [0.15, 0.2) is 0 Å². The van der Waals surface area contributed by atoms with E-state index >= 15 is 0 Å². The van der Waals surface area contributed by atoms with Crippen molar-refractivity contribution in [1.29, 1.82) is 0 Å². The number of rotatable bonds is 5. The summed E-state index contributed by atoms with van der Waals surface area (Å²) in [6, 6.07) is 0. The lowest BCUT2D eigenvalue weighted by Gasteiger charge is -2.33. The molecule has 106 valence electrons.